The highest BCUT2D eigenvalue weighted by Crippen LogP contribution is 2.32. The number of para-hydroxylation sites is 1. The molecule has 0 amide bonds. The van der Waals surface area contributed by atoms with Crippen molar-refractivity contribution >= 4 is 17.1 Å². The van der Waals surface area contributed by atoms with Crippen LogP contribution >= 0.6 is 0 Å². The monoisotopic (exact) mass is 267 g/mol. The molecular formula is C13H21N3O3. The van der Waals surface area contributed by atoms with Crippen LogP contribution in [0.3, 0.4) is 0 Å². The van der Waals surface area contributed by atoms with Crippen LogP contribution in [0.4, 0.5) is 17.1 Å². The van der Waals surface area contributed by atoms with Crippen molar-refractivity contribution in [1.29, 1.82) is 0 Å². The van der Waals surface area contributed by atoms with Crippen LogP contribution in [0.1, 0.15) is 19.8 Å². The first-order valence-corrected chi connectivity index (χ1v) is 6.44. The molecule has 0 unspecified atom stereocenters. The van der Waals surface area contributed by atoms with E-state index in [1.807, 2.05) is 13.0 Å². The second kappa shape index (κ2) is 8.31. The van der Waals surface area contributed by atoms with Gasteiger partial charge in [-0.25, -0.2) is 0 Å². The summed E-state index contributed by atoms with van der Waals surface area (Å²) in [6.45, 7) is 3.97. The van der Waals surface area contributed by atoms with Gasteiger partial charge in [-0.3, -0.25) is 10.1 Å². The Morgan fingerprint density at radius 3 is 2.53 bits per heavy atom. The number of anilines is 2. The molecule has 1 aromatic carbocycles. The first-order valence-electron chi connectivity index (χ1n) is 6.44. The fraction of sp³-hybridized carbons (Fsp3) is 0.538. The number of hydrogen-bond acceptors (Lipinski definition) is 5. The SMILES string of the molecule is CCNc1cccc(NCCCCOC)c1[N+](=O)[O-]. The molecule has 0 heterocycles. The molecular weight excluding hydrogens is 246 g/mol. The van der Waals surface area contributed by atoms with E-state index in [2.05, 4.69) is 10.6 Å². The van der Waals surface area contributed by atoms with Gasteiger partial charge in [0, 0.05) is 26.8 Å². The molecule has 6 heteroatoms. The maximum Gasteiger partial charge on any atom is 0.315 e. The summed E-state index contributed by atoms with van der Waals surface area (Å²) < 4.78 is 4.96. The average molecular weight is 267 g/mol. The summed E-state index contributed by atoms with van der Waals surface area (Å²) in [6, 6.07) is 5.26. The van der Waals surface area contributed by atoms with Crippen molar-refractivity contribution in [3.63, 3.8) is 0 Å². The van der Waals surface area contributed by atoms with E-state index in [4.69, 9.17) is 4.74 Å². The fourth-order valence-electron chi connectivity index (χ4n) is 1.81. The van der Waals surface area contributed by atoms with Crippen LogP contribution in [0.25, 0.3) is 0 Å². The highest BCUT2D eigenvalue weighted by Gasteiger charge is 2.18. The summed E-state index contributed by atoms with van der Waals surface area (Å²) in [6.07, 6.45) is 1.85. The van der Waals surface area contributed by atoms with Gasteiger partial charge >= 0.3 is 5.69 Å². The molecule has 0 saturated heterocycles. The van der Waals surface area contributed by atoms with Crippen LogP contribution in [0.5, 0.6) is 0 Å². The number of benzene rings is 1. The number of nitro benzene ring substituents is 1. The van der Waals surface area contributed by atoms with Crippen LogP contribution in [0, 0.1) is 10.1 Å². The van der Waals surface area contributed by atoms with E-state index < -0.39 is 0 Å². The van der Waals surface area contributed by atoms with Crippen LogP contribution in [-0.2, 0) is 4.74 Å². The number of nitrogens with zero attached hydrogens (tertiary/aromatic N) is 1. The van der Waals surface area contributed by atoms with Crippen LogP contribution in [-0.4, -0.2) is 31.7 Å². The van der Waals surface area contributed by atoms with Crippen molar-refractivity contribution < 1.29 is 9.66 Å². The summed E-state index contributed by atoms with van der Waals surface area (Å²) >= 11 is 0. The lowest BCUT2D eigenvalue weighted by Crippen LogP contribution is -2.08. The van der Waals surface area contributed by atoms with Crippen molar-refractivity contribution in [2.75, 3.05) is 37.4 Å². The fourth-order valence-corrected chi connectivity index (χ4v) is 1.81. The maximum absolute atomic E-state index is 11.2. The van der Waals surface area contributed by atoms with Gasteiger partial charge in [-0.15, -0.1) is 0 Å². The predicted octanol–water partition coefficient (Wildman–Crippen LogP) is 2.87. The zero-order valence-electron chi connectivity index (χ0n) is 11.4. The lowest BCUT2D eigenvalue weighted by molar-refractivity contribution is -0.383. The molecule has 6 nitrogen and oxygen atoms in total. The van der Waals surface area contributed by atoms with Gasteiger partial charge in [0.05, 0.1) is 4.92 Å². The van der Waals surface area contributed by atoms with Crippen molar-refractivity contribution in [2.24, 2.45) is 0 Å². The average Bonchev–Trinajstić information content (AvgIpc) is 2.38. The van der Waals surface area contributed by atoms with Crippen molar-refractivity contribution in [3.8, 4) is 0 Å². The molecule has 0 spiro atoms. The van der Waals surface area contributed by atoms with Gasteiger partial charge < -0.3 is 15.4 Å². The molecule has 0 radical (unpaired) electrons. The first kappa shape index (κ1) is 15.2. The van der Waals surface area contributed by atoms with Gasteiger partial charge in [0.1, 0.15) is 11.4 Å². The second-order valence-corrected chi connectivity index (χ2v) is 4.12. The van der Waals surface area contributed by atoms with Gasteiger partial charge in [-0.1, -0.05) is 6.07 Å². The molecule has 0 aliphatic heterocycles. The largest absolute Gasteiger partial charge is 0.385 e. The van der Waals surface area contributed by atoms with Gasteiger partial charge in [0.15, 0.2) is 0 Å². The summed E-state index contributed by atoms with van der Waals surface area (Å²) in [5, 5.41) is 17.3. The molecule has 0 fully saturated rings. The van der Waals surface area contributed by atoms with Crippen molar-refractivity contribution in [3.05, 3.63) is 28.3 Å². The van der Waals surface area contributed by atoms with E-state index in [1.54, 1.807) is 19.2 Å². The first-order chi connectivity index (χ1) is 9.20. The van der Waals surface area contributed by atoms with E-state index in [0.717, 1.165) is 12.8 Å². The summed E-state index contributed by atoms with van der Waals surface area (Å²) in [5.41, 5.74) is 1.21. The van der Waals surface area contributed by atoms with E-state index in [9.17, 15) is 10.1 Å². The smallest absolute Gasteiger partial charge is 0.315 e. The molecule has 0 aromatic heterocycles. The van der Waals surface area contributed by atoms with Crippen LogP contribution in [0.2, 0.25) is 0 Å². The van der Waals surface area contributed by atoms with E-state index in [1.165, 1.54) is 0 Å². The molecule has 2 N–H and O–H groups in total. The molecule has 106 valence electrons. The zero-order valence-corrected chi connectivity index (χ0v) is 11.4. The summed E-state index contributed by atoms with van der Waals surface area (Å²) in [5.74, 6) is 0. The zero-order chi connectivity index (χ0) is 14.1. The Kier molecular flexibility index (Phi) is 6.67. The minimum Gasteiger partial charge on any atom is -0.385 e. The molecule has 0 aliphatic rings. The van der Waals surface area contributed by atoms with Gasteiger partial charge in [0.25, 0.3) is 0 Å². The Morgan fingerprint density at radius 2 is 1.95 bits per heavy atom. The molecule has 0 saturated carbocycles. The second-order valence-electron chi connectivity index (χ2n) is 4.12. The third-order valence-electron chi connectivity index (χ3n) is 2.68. The minimum absolute atomic E-state index is 0.107. The highest BCUT2D eigenvalue weighted by molar-refractivity contribution is 5.76. The maximum atomic E-state index is 11.2. The molecule has 19 heavy (non-hydrogen) atoms. The molecule has 0 aliphatic carbocycles. The third-order valence-corrected chi connectivity index (χ3v) is 2.68. The normalized spacial score (nSPS) is 10.2. The minimum atomic E-state index is -0.352. The van der Waals surface area contributed by atoms with Crippen LogP contribution < -0.4 is 10.6 Å². The lowest BCUT2D eigenvalue weighted by atomic mass is 10.2. The van der Waals surface area contributed by atoms with Crippen molar-refractivity contribution in [1.82, 2.24) is 0 Å². The van der Waals surface area contributed by atoms with Gasteiger partial charge in [-0.05, 0) is 31.9 Å². The molecule has 1 aromatic rings. The predicted molar refractivity (Wildman–Crippen MR) is 76.9 cm³/mol. The lowest BCUT2D eigenvalue weighted by Gasteiger charge is -2.10. The number of rotatable bonds is 9. The quantitative estimate of drug-likeness (QED) is 0.409. The highest BCUT2D eigenvalue weighted by atomic mass is 16.6. The van der Waals surface area contributed by atoms with E-state index in [0.29, 0.717) is 31.1 Å². The summed E-state index contributed by atoms with van der Waals surface area (Å²) in [4.78, 5) is 10.8. The molecule has 0 bridgehead atoms. The van der Waals surface area contributed by atoms with Gasteiger partial charge in [0.2, 0.25) is 0 Å². The Labute approximate surface area is 113 Å². The Hall–Kier alpha value is -1.82. The number of ether oxygens (including phenoxy) is 1. The number of nitro groups is 1. The van der Waals surface area contributed by atoms with Gasteiger partial charge in [-0.2, -0.15) is 0 Å². The number of hydrogen-bond donors (Lipinski definition) is 2. The Bertz CT molecular complexity index is 410. The Morgan fingerprint density at radius 1 is 1.26 bits per heavy atom. The van der Waals surface area contributed by atoms with E-state index >= 15 is 0 Å². The number of nitrogens with one attached hydrogen (secondary N) is 2. The van der Waals surface area contributed by atoms with E-state index in [-0.39, 0.29) is 10.6 Å². The Balaban J connectivity index is 2.70. The third kappa shape index (κ3) is 4.75. The molecule has 1 rings (SSSR count). The topological polar surface area (TPSA) is 76.4 Å². The number of unbranched alkanes of at least 4 members (excludes halogenated alkanes) is 1. The van der Waals surface area contributed by atoms with Crippen molar-refractivity contribution in [2.45, 2.75) is 19.8 Å². The van der Waals surface area contributed by atoms with Crippen LogP contribution in [0.15, 0.2) is 18.2 Å². The summed E-state index contributed by atoms with van der Waals surface area (Å²) in [7, 11) is 1.66. The standard InChI is InChI=1S/C13H21N3O3/c1-3-14-11-7-6-8-12(13(11)16(17)18)15-9-4-5-10-19-2/h6-8,14-15H,3-5,9-10H2,1-2H3. The molecule has 0 atom stereocenters. The number of methoxy groups -OCH3 is 1.